The zero-order valence-electron chi connectivity index (χ0n) is 17.7. The molecule has 6 aromatic rings. The summed E-state index contributed by atoms with van der Waals surface area (Å²) in [5.41, 5.74) is 8.08. The summed E-state index contributed by atoms with van der Waals surface area (Å²) in [5.74, 6) is 0. The van der Waals surface area contributed by atoms with Gasteiger partial charge in [-0.2, -0.15) is 0 Å². The molecule has 3 aromatic heterocycles. The Morgan fingerprint density at radius 1 is 0.828 bits per heavy atom. The highest BCUT2D eigenvalue weighted by Gasteiger charge is 2.24. The molecule has 0 fully saturated rings. The first-order chi connectivity index (χ1) is 13.9. The van der Waals surface area contributed by atoms with Crippen LogP contribution in [0.2, 0.25) is 0 Å². The summed E-state index contributed by atoms with van der Waals surface area (Å²) >= 11 is 0. The highest BCUT2D eigenvalue weighted by molar-refractivity contribution is 6.27. The number of aryl methyl sites for hydroxylation is 2. The van der Waals surface area contributed by atoms with Crippen molar-refractivity contribution in [1.29, 1.82) is 0 Å². The molecular formula is C27H25N2+. The smallest absolute Gasteiger partial charge is 0.224 e. The third kappa shape index (κ3) is 2.04. The molecule has 0 aliphatic carbocycles. The molecule has 0 atom stereocenters. The van der Waals surface area contributed by atoms with Crippen molar-refractivity contribution in [3.63, 3.8) is 0 Å². The van der Waals surface area contributed by atoms with Gasteiger partial charge in [0, 0.05) is 16.8 Å². The fourth-order valence-electron chi connectivity index (χ4n) is 5.12. The van der Waals surface area contributed by atoms with Crippen molar-refractivity contribution in [2.75, 3.05) is 0 Å². The Labute approximate surface area is 170 Å². The molecule has 0 saturated carbocycles. The number of hydrogen-bond donors (Lipinski definition) is 0. The predicted octanol–water partition coefficient (Wildman–Crippen LogP) is 6.42. The maximum absolute atomic E-state index is 2.49. The van der Waals surface area contributed by atoms with Crippen LogP contribution < -0.4 is 4.57 Å². The zero-order chi connectivity index (χ0) is 20.1. The van der Waals surface area contributed by atoms with Crippen LogP contribution in [0.25, 0.3) is 49.0 Å². The van der Waals surface area contributed by atoms with E-state index in [2.05, 4.69) is 105 Å². The topological polar surface area (TPSA) is 8.29 Å². The first-order valence-electron chi connectivity index (χ1n) is 10.4. The van der Waals surface area contributed by atoms with Gasteiger partial charge in [-0.05, 0) is 47.1 Å². The summed E-state index contributed by atoms with van der Waals surface area (Å²) in [6.45, 7) is 9.10. The van der Waals surface area contributed by atoms with Crippen molar-refractivity contribution in [1.82, 2.24) is 4.40 Å². The number of nitrogens with zero attached hydrogens (tertiary/aromatic N) is 2. The second-order valence-corrected chi connectivity index (χ2v) is 9.49. The lowest BCUT2D eigenvalue weighted by atomic mass is 9.86. The molecule has 0 radical (unpaired) electrons. The molecular weight excluding hydrogens is 352 g/mol. The van der Waals surface area contributed by atoms with Gasteiger partial charge in [0.15, 0.2) is 6.20 Å². The molecule has 0 bridgehead atoms. The summed E-state index contributed by atoms with van der Waals surface area (Å²) in [6, 6.07) is 20.6. The molecule has 3 heterocycles. The molecule has 3 aromatic carbocycles. The quantitative estimate of drug-likeness (QED) is 0.164. The van der Waals surface area contributed by atoms with Gasteiger partial charge in [0.05, 0.1) is 27.3 Å². The molecule has 142 valence electrons. The minimum absolute atomic E-state index is 0.131. The average Bonchev–Trinajstić information content (AvgIpc) is 3.02. The van der Waals surface area contributed by atoms with E-state index in [4.69, 9.17) is 0 Å². The molecule has 0 spiro atoms. The van der Waals surface area contributed by atoms with E-state index in [0.717, 1.165) is 0 Å². The van der Waals surface area contributed by atoms with Crippen molar-refractivity contribution in [3.8, 4) is 0 Å². The summed E-state index contributed by atoms with van der Waals surface area (Å²) in [5, 5.41) is 6.71. The zero-order valence-corrected chi connectivity index (χ0v) is 17.7. The standard InChI is InChI=1S/C27H25N2/c1-16-7-6-8-22-23(16)26-24-17(13-14-28(26)5)9-11-19-20-15-18(27(2,3)4)10-12-21(20)29(22)25(19)24/h6-15H,1-5H3/q+1. The Kier molecular flexibility index (Phi) is 3.05. The maximum atomic E-state index is 2.49. The SMILES string of the molecule is Cc1cccc2c1c1c3c(ccc4c5cc(C(C)(C)C)ccc5n2c43)cc[n+]1C. The average molecular weight is 378 g/mol. The van der Waals surface area contributed by atoms with E-state index in [9.17, 15) is 0 Å². The lowest BCUT2D eigenvalue weighted by molar-refractivity contribution is -0.643. The van der Waals surface area contributed by atoms with E-state index >= 15 is 0 Å². The summed E-state index contributed by atoms with van der Waals surface area (Å²) < 4.78 is 4.78. The van der Waals surface area contributed by atoms with Gasteiger partial charge in [-0.3, -0.25) is 0 Å². The van der Waals surface area contributed by atoms with Crippen LogP contribution in [0.1, 0.15) is 31.9 Å². The van der Waals surface area contributed by atoms with E-state index in [1.807, 2.05) is 0 Å². The van der Waals surface area contributed by atoms with Crippen LogP contribution in [0.15, 0.2) is 60.8 Å². The second-order valence-electron chi connectivity index (χ2n) is 9.49. The molecule has 2 nitrogen and oxygen atoms in total. The van der Waals surface area contributed by atoms with Gasteiger partial charge < -0.3 is 4.40 Å². The highest BCUT2D eigenvalue weighted by Crippen LogP contribution is 2.41. The molecule has 2 heteroatoms. The summed E-state index contributed by atoms with van der Waals surface area (Å²) in [6.07, 6.45) is 2.19. The number of pyridine rings is 2. The summed E-state index contributed by atoms with van der Waals surface area (Å²) in [7, 11) is 2.17. The Morgan fingerprint density at radius 2 is 1.66 bits per heavy atom. The van der Waals surface area contributed by atoms with Gasteiger partial charge >= 0.3 is 0 Å². The minimum atomic E-state index is 0.131. The number of hydrogen-bond acceptors (Lipinski definition) is 0. The first kappa shape index (κ1) is 16.8. The number of aromatic nitrogens is 2. The first-order valence-corrected chi connectivity index (χ1v) is 10.4. The van der Waals surface area contributed by atoms with Crippen LogP contribution in [0.4, 0.5) is 0 Å². The maximum Gasteiger partial charge on any atom is 0.224 e. The van der Waals surface area contributed by atoms with Gasteiger partial charge in [-0.15, -0.1) is 0 Å². The molecule has 0 N–H and O–H groups in total. The van der Waals surface area contributed by atoms with Crippen molar-refractivity contribution in [2.24, 2.45) is 7.05 Å². The normalized spacial score (nSPS) is 13.0. The van der Waals surface area contributed by atoms with E-state index in [1.165, 1.54) is 60.1 Å². The van der Waals surface area contributed by atoms with Crippen molar-refractivity contribution >= 4 is 49.0 Å². The fourth-order valence-corrected chi connectivity index (χ4v) is 5.12. The second kappa shape index (κ2) is 5.27. The van der Waals surface area contributed by atoms with Crippen LogP contribution in [-0.4, -0.2) is 4.40 Å². The number of rotatable bonds is 0. The van der Waals surface area contributed by atoms with Gasteiger partial charge in [-0.25, -0.2) is 4.57 Å². The molecule has 0 aliphatic heterocycles. The van der Waals surface area contributed by atoms with Crippen molar-refractivity contribution < 1.29 is 4.57 Å². The third-order valence-electron chi connectivity index (χ3n) is 6.62. The molecule has 0 amide bonds. The van der Waals surface area contributed by atoms with Gasteiger partial charge in [0.25, 0.3) is 0 Å². The van der Waals surface area contributed by atoms with Gasteiger partial charge in [-0.1, -0.05) is 51.1 Å². The third-order valence-corrected chi connectivity index (χ3v) is 6.62. The van der Waals surface area contributed by atoms with Crippen molar-refractivity contribution in [2.45, 2.75) is 33.1 Å². The Bertz CT molecular complexity index is 1580. The summed E-state index contributed by atoms with van der Waals surface area (Å²) in [4.78, 5) is 0. The Balaban J connectivity index is 2.02. The van der Waals surface area contributed by atoms with E-state index in [-0.39, 0.29) is 5.41 Å². The largest absolute Gasteiger partial charge is 0.307 e. The van der Waals surface area contributed by atoms with Crippen LogP contribution in [0.5, 0.6) is 0 Å². The van der Waals surface area contributed by atoms with E-state index in [1.54, 1.807) is 0 Å². The minimum Gasteiger partial charge on any atom is -0.307 e. The van der Waals surface area contributed by atoms with E-state index < -0.39 is 0 Å². The van der Waals surface area contributed by atoms with Crippen LogP contribution in [0, 0.1) is 6.92 Å². The van der Waals surface area contributed by atoms with E-state index in [0.29, 0.717) is 0 Å². The molecule has 29 heavy (non-hydrogen) atoms. The highest BCUT2D eigenvalue weighted by atomic mass is 14.9. The predicted molar refractivity (Wildman–Crippen MR) is 123 cm³/mol. The Morgan fingerprint density at radius 3 is 2.45 bits per heavy atom. The number of fused-ring (bicyclic) bond motifs is 6. The molecule has 0 saturated heterocycles. The Hall–Kier alpha value is -3.13. The van der Waals surface area contributed by atoms with Crippen LogP contribution >= 0.6 is 0 Å². The van der Waals surface area contributed by atoms with Crippen LogP contribution in [-0.2, 0) is 12.5 Å². The molecule has 0 unspecified atom stereocenters. The lowest BCUT2D eigenvalue weighted by Crippen LogP contribution is -2.28. The monoisotopic (exact) mass is 377 g/mol. The van der Waals surface area contributed by atoms with Gasteiger partial charge in [0.1, 0.15) is 7.05 Å². The molecule has 0 aliphatic rings. The van der Waals surface area contributed by atoms with Gasteiger partial charge in [0.2, 0.25) is 5.52 Å². The number of benzene rings is 3. The molecule has 6 rings (SSSR count). The lowest BCUT2D eigenvalue weighted by Gasteiger charge is -2.19. The van der Waals surface area contributed by atoms with Crippen LogP contribution in [0.3, 0.4) is 0 Å². The fraction of sp³-hybridized carbons (Fsp3) is 0.222. The van der Waals surface area contributed by atoms with Crippen molar-refractivity contribution in [3.05, 3.63) is 71.9 Å².